The van der Waals surface area contributed by atoms with Crippen molar-refractivity contribution in [3.63, 3.8) is 0 Å². The number of pyridine rings is 1. The van der Waals surface area contributed by atoms with E-state index >= 15 is 0 Å². The molecule has 4 heteroatoms. The lowest BCUT2D eigenvalue weighted by molar-refractivity contribution is 0.276. The summed E-state index contributed by atoms with van der Waals surface area (Å²) in [6.07, 6.45) is 2.81. The van der Waals surface area contributed by atoms with Gasteiger partial charge in [-0.15, -0.1) is 0 Å². The first-order valence-electron chi connectivity index (χ1n) is 8.76. The van der Waals surface area contributed by atoms with Gasteiger partial charge in [-0.25, -0.2) is 4.98 Å². The molecule has 4 nitrogen and oxygen atoms in total. The normalized spacial score (nSPS) is 10.9. The molecule has 0 fully saturated rings. The van der Waals surface area contributed by atoms with Gasteiger partial charge < -0.3 is 9.64 Å². The average molecular weight is 345 g/mol. The molecule has 0 atom stereocenters. The Morgan fingerprint density at radius 1 is 1.15 bits per heavy atom. The van der Waals surface area contributed by atoms with Crippen LogP contribution in [0.5, 0.6) is 5.88 Å². The number of aromatic nitrogens is 1. The fourth-order valence-electron chi connectivity index (χ4n) is 3.10. The molecule has 3 rings (SSSR count). The van der Waals surface area contributed by atoms with E-state index in [1.165, 1.54) is 5.56 Å². The van der Waals surface area contributed by atoms with Gasteiger partial charge in [-0.05, 0) is 62.2 Å². The molecule has 0 aliphatic carbocycles. The second-order valence-corrected chi connectivity index (χ2v) is 6.67. The van der Waals surface area contributed by atoms with Crippen molar-refractivity contribution in [1.82, 2.24) is 9.88 Å². The molecule has 0 radical (unpaired) electrons. The average Bonchev–Trinajstić information content (AvgIpc) is 2.65. The highest BCUT2D eigenvalue weighted by molar-refractivity contribution is 6.01. The molecule has 0 aliphatic heterocycles. The van der Waals surface area contributed by atoms with Gasteiger partial charge >= 0.3 is 0 Å². The lowest BCUT2D eigenvalue weighted by Gasteiger charge is -2.14. The molecule has 0 saturated carbocycles. The van der Waals surface area contributed by atoms with Gasteiger partial charge in [-0.3, -0.25) is 0 Å². The van der Waals surface area contributed by atoms with E-state index in [-0.39, 0.29) is 0 Å². The maximum atomic E-state index is 9.19. The van der Waals surface area contributed by atoms with Gasteiger partial charge in [0.05, 0.1) is 18.2 Å². The molecular weight excluding hydrogens is 322 g/mol. The number of benzene rings is 2. The summed E-state index contributed by atoms with van der Waals surface area (Å²) in [6.45, 7) is 3.71. The lowest BCUT2D eigenvalue weighted by Crippen LogP contribution is -2.15. The second-order valence-electron chi connectivity index (χ2n) is 6.67. The fourth-order valence-corrected chi connectivity index (χ4v) is 3.10. The summed E-state index contributed by atoms with van der Waals surface area (Å²) in [4.78, 5) is 6.72. The van der Waals surface area contributed by atoms with Crippen LogP contribution in [0.4, 0.5) is 0 Å². The standard InChI is InChI=1S/C22H23N3O/c1-16-7-4-10-19-21(16)20(18-9-5-8-17(13-18)14-23)15-24-22(19)26-12-6-11-25(2)3/h4-5,7-10,13,15H,6,11-12H2,1-3H3. The van der Waals surface area contributed by atoms with Gasteiger partial charge in [0.25, 0.3) is 0 Å². The van der Waals surface area contributed by atoms with Crippen LogP contribution in [-0.2, 0) is 0 Å². The van der Waals surface area contributed by atoms with Gasteiger partial charge in [0, 0.05) is 23.7 Å². The molecule has 0 bridgehead atoms. The Hall–Kier alpha value is -2.90. The molecule has 2 aromatic carbocycles. The van der Waals surface area contributed by atoms with Crippen molar-refractivity contribution in [3.05, 3.63) is 59.8 Å². The van der Waals surface area contributed by atoms with Crippen molar-refractivity contribution in [2.24, 2.45) is 0 Å². The largest absolute Gasteiger partial charge is 0.477 e. The van der Waals surface area contributed by atoms with E-state index in [9.17, 15) is 5.26 Å². The van der Waals surface area contributed by atoms with Crippen molar-refractivity contribution in [2.75, 3.05) is 27.2 Å². The Kier molecular flexibility index (Phi) is 5.50. The van der Waals surface area contributed by atoms with Crippen LogP contribution in [0.1, 0.15) is 17.5 Å². The number of ether oxygens (including phenoxy) is 1. The highest BCUT2D eigenvalue weighted by Crippen LogP contribution is 2.35. The zero-order chi connectivity index (χ0) is 18.5. The Bertz CT molecular complexity index is 957. The molecule has 0 aliphatic rings. The third-order valence-corrected chi connectivity index (χ3v) is 4.37. The summed E-state index contributed by atoms with van der Waals surface area (Å²) < 4.78 is 5.97. The first-order chi connectivity index (χ1) is 12.6. The minimum Gasteiger partial charge on any atom is -0.477 e. The molecule has 0 amide bonds. The maximum Gasteiger partial charge on any atom is 0.221 e. The molecule has 26 heavy (non-hydrogen) atoms. The Morgan fingerprint density at radius 2 is 1.96 bits per heavy atom. The summed E-state index contributed by atoms with van der Waals surface area (Å²) in [5.74, 6) is 0.669. The van der Waals surface area contributed by atoms with Gasteiger partial charge in [-0.2, -0.15) is 5.26 Å². The van der Waals surface area contributed by atoms with Gasteiger partial charge in [0.1, 0.15) is 0 Å². The molecule has 1 aromatic heterocycles. The van der Waals surface area contributed by atoms with Crippen LogP contribution in [-0.4, -0.2) is 37.1 Å². The van der Waals surface area contributed by atoms with Crippen LogP contribution in [0.15, 0.2) is 48.7 Å². The van der Waals surface area contributed by atoms with E-state index in [1.807, 2.05) is 42.6 Å². The molecule has 0 N–H and O–H groups in total. The minimum atomic E-state index is 0.636. The highest BCUT2D eigenvalue weighted by atomic mass is 16.5. The number of nitrogens with zero attached hydrogens (tertiary/aromatic N) is 3. The molecule has 1 heterocycles. The second kappa shape index (κ2) is 7.99. The number of rotatable bonds is 6. The highest BCUT2D eigenvalue weighted by Gasteiger charge is 2.12. The van der Waals surface area contributed by atoms with Crippen LogP contribution in [0.25, 0.3) is 21.9 Å². The lowest BCUT2D eigenvalue weighted by atomic mass is 9.96. The number of aryl methyl sites for hydroxylation is 1. The van der Waals surface area contributed by atoms with Crippen molar-refractivity contribution in [3.8, 4) is 23.1 Å². The molecule has 0 saturated heterocycles. The first-order valence-corrected chi connectivity index (χ1v) is 8.76. The molecule has 0 spiro atoms. The van der Waals surface area contributed by atoms with Crippen molar-refractivity contribution < 1.29 is 4.74 Å². The van der Waals surface area contributed by atoms with Crippen LogP contribution < -0.4 is 4.74 Å². The Balaban J connectivity index is 2.01. The Labute approximate surface area is 154 Å². The van der Waals surface area contributed by atoms with Gasteiger partial charge in [0.15, 0.2) is 0 Å². The number of hydrogen-bond acceptors (Lipinski definition) is 4. The SMILES string of the molecule is Cc1cccc2c(OCCCN(C)C)ncc(-c3cccc(C#N)c3)c12. The van der Waals surface area contributed by atoms with Gasteiger partial charge in [-0.1, -0.05) is 24.3 Å². The third-order valence-electron chi connectivity index (χ3n) is 4.37. The molecule has 0 unspecified atom stereocenters. The van der Waals surface area contributed by atoms with Crippen LogP contribution in [0.2, 0.25) is 0 Å². The van der Waals surface area contributed by atoms with Crippen LogP contribution in [0.3, 0.4) is 0 Å². The van der Waals surface area contributed by atoms with E-state index in [4.69, 9.17) is 4.74 Å². The molecule has 3 aromatic rings. The van der Waals surface area contributed by atoms with E-state index in [1.54, 1.807) is 0 Å². The number of fused-ring (bicyclic) bond motifs is 1. The molecule has 132 valence electrons. The van der Waals surface area contributed by atoms with Crippen LogP contribution >= 0.6 is 0 Å². The van der Waals surface area contributed by atoms with Gasteiger partial charge in [0.2, 0.25) is 5.88 Å². The minimum absolute atomic E-state index is 0.636. The summed E-state index contributed by atoms with van der Waals surface area (Å²) in [6, 6.07) is 16.0. The van der Waals surface area contributed by atoms with Crippen LogP contribution in [0, 0.1) is 18.3 Å². The van der Waals surface area contributed by atoms with Crippen molar-refractivity contribution in [2.45, 2.75) is 13.3 Å². The van der Waals surface area contributed by atoms with E-state index < -0.39 is 0 Å². The smallest absolute Gasteiger partial charge is 0.221 e. The predicted octanol–water partition coefficient (Wildman–Crippen LogP) is 4.41. The number of hydrogen-bond donors (Lipinski definition) is 0. The number of nitriles is 1. The summed E-state index contributed by atoms with van der Waals surface area (Å²) in [7, 11) is 4.11. The summed E-state index contributed by atoms with van der Waals surface area (Å²) >= 11 is 0. The van der Waals surface area contributed by atoms with Crippen molar-refractivity contribution >= 4 is 10.8 Å². The molecular formula is C22H23N3O. The van der Waals surface area contributed by atoms with E-state index in [0.29, 0.717) is 18.1 Å². The topological polar surface area (TPSA) is 49.1 Å². The summed E-state index contributed by atoms with van der Waals surface area (Å²) in [5.41, 5.74) is 3.83. The Morgan fingerprint density at radius 3 is 2.73 bits per heavy atom. The quantitative estimate of drug-likeness (QED) is 0.621. The monoisotopic (exact) mass is 345 g/mol. The van der Waals surface area contributed by atoms with E-state index in [2.05, 4.69) is 43.0 Å². The van der Waals surface area contributed by atoms with E-state index in [0.717, 1.165) is 34.9 Å². The first kappa shape index (κ1) is 17.9. The van der Waals surface area contributed by atoms with Crippen molar-refractivity contribution in [1.29, 1.82) is 5.26 Å². The fraction of sp³-hybridized carbons (Fsp3) is 0.273. The zero-order valence-electron chi connectivity index (χ0n) is 15.5. The maximum absolute atomic E-state index is 9.19. The third kappa shape index (κ3) is 3.84. The zero-order valence-corrected chi connectivity index (χ0v) is 15.5. The summed E-state index contributed by atoms with van der Waals surface area (Å²) in [5, 5.41) is 11.3. The predicted molar refractivity (Wildman–Crippen MR) is 105 cm³/mol.